The number of ether oxygens (including phenoxy) is 1. The van der Waals surface area contributed by atoms with Gasteiger partial charge in [-0.1, -0.05) is 5.16 Å². The normalized spacial score (nSPS) is 11.7. The summed E-state index contributed by atoms with van der Waals surface area (Å²) in [5.74, 6) is 0.556. The van der Waals surface area contributed by atoms with Crippen molar-refractivity contribution in [3.05, 3.63) is 66.1 Å². The third-order valence-corrected chi connectivity index (χ3v) is 5.11. The highest BCUT2D eigenvalue weighted by Gasteiger charge is 2.30. The predicted molar refractivity (Wildman–Crippen MR) is 115 cm³/mol. The molecule has 5 aromatic rings. The van der Waals surface area contributed by atoms with E-state index in [1.54, 1.807) is 28.0 Å². The van der Waals surface area contributed by atoms with Gasteiger partial charge in [-0.15, -0.1) is 5.10 Å². The maximum atomic E-state index is 12.8. The summed E-state index contributed by atoms with van der Waals surface area (Å²) in [6.45, 7) is 2.80. The summed E-state index contributed by atoms with van der Waals surface area (Å²) in [7, 11) is 0. The Labute approximate surface area is 200 Å². The summed E-state index contributed by atoms with van der Waals surface area (Å²) in [5, 5.41) is 19.4. The average Bonchev–Trinajstić information content (AvgIpc) is 3.63. The fourth-order valence-corrected chi connectivity index (χ4v) is 3.38. The minimum absolute atomic E-state index is 0.0256. The van der Waals surface area contributed by atoms with Crippen molar-refractivity contribution in [2.75, 3.05) is 0 Å². The molecule has 12 nitrogen and oxygen atoms in total. The van der Waals surface area contributed by atoms with E-state index in [1.165, 1.54) is 6.33 Å². The monoisotopic (exact) mass is 498 g/mol. The second-order valence-corrected chi connectivity index (χ2v) is 7.50. The SMILES string of the molecule is CCn1ncc(-c2nc(-c3cncc(Cn4cnnn4)c3)no2)c1COc1ccc(C(F)(F)F)cn1. The van der Waals surface area contributed by atoms with E-state index in [0.717, 1.165) is 23.9 Å². The van der Waals surface area contributed by atoms with Gasteiger partial charge in [-0.05, 0) is 35.0 Å². The number of alkyl halides is 3. The molecule has 0 amide bonds. The molecular formula is C21H17F3N10O2. The molecule has 0 radical (unpaired) electrons. The highest BCUT2D eigenvalue weighted by Crippen LogP contribution is 2.30. The summed E-state index contributed by atoms with van der Waals surface area (Å²) < 4.78 is 52.6. The van der Waals surface area contributed by atoms with E-state index in [0.29, 0.717) is 35.7 Å². The smallest absolute Gasteiger partial charge is 0.417 e. The standard InChI is InChI=1S/C21H17F3N10O2/c1-2-34-17(11-35-18-4-3-15(8-26-18)21(22,23)24)16(9-28-34)20-29-19(30-36-20)14-5-13(6-25-7-14)10-33-12-27-31-32-33/h3-9,12H,2,10-11H2,1H3. The van der Waals surface area contributed by atoms with Crippen molar-refractivity contribution < 1.29 is 22.4 Å². The van der Waals surface area contributed by atoms with E-state index in [-0.39, 0.29) is 18.4 Å². The van der Waals surface area contributed by atoms with Gasteiger partial charge in [0.15, 0.2) is 0 Å². The van der Waals surface area contributed by atoms with Gasteiger partial charge < -0.3 is 9.26 Å². The third kappa shape index (κ3) is 4.89. The summed E-state index contributed by atoms with van der Waals surface area (Å²) in [5.41, 5.74) is 1.73. The van der Waals surface area contributed by atoms with Gasteiger partial charge in [0.1, 0.15) is 12.9 Å². The molecule has 0 aromatic carbocycles. The molecule has 0 spiro atoms. The minimum atomic E-state index is -4.47. The molecule has 0 aliphatic heterocycles. The van der Waals surface area contributed by atoms with Crippen LogP contribution in [0.25, 0.3) is 22.8 Å². The second-order valence-electron chi connectivity index (χ2n) is 7.50. The van der Waals surface area contributed by atoms with Crippen LogP contribution in [0.2, 0.25) is 0 Å². The summed E-state index contributed by atoms with van der Waals surface area (Å²) in [6, 6.07) is 3.92. The number of nitrogens with zero attached hydrogens (tertiary/aromatic N) is 10. The summed E-state index contributed by atoms with van der Waals surface area (Å²) in [6.07, 6.45) is 2.59. The number of halogens is 3. The maximum absolute atomic E-state index is 12.8. The Morgan fingerprint density at radius 2 is 2.00 bits per heavy atom. The van der Waals surface area contributed by atoms with Crippen LogP contribution in [0, 0.1) is 0 Å². The third-order valence-electron chi connectivity index (χ3n) is 5.11. The fraction of sp³-hybridized carbons (Fsp3) is 0.238. The number of aromatic nitrogens is 10. The molecule has 0 fully saturated rings. The van der Waals surface area contributed by atoms with Crippen molar-refractivity contribution in [1.82, 2.24) is 50.1 Å². The van der Waals surface area contributed by atoms with Gasteiger partial charge in [0.2, 0.25) is 11.7 Å². The van der Waals surface area contributed by atoms with Gasteiger partial charge in [0, 0.05) is 36.8 Å². The lowest BCUT2D eigenvalue weighted by atomic mass is 10.2. The van der Waals surface area contributed by atoms with Crippen LogP contribution in [0.1, 0.15) is 23.7 Å². The molecule has 15 heteroatoms. The van der Waals surface area contributed by atoms with Crippen molar-refractivity contribution in [3.8, 4) is 28.7 Å². The zero-order chi connectivity index (χ0) is 25.1. The minimum Gasteiger partial charge on any atom is -0.471 e. The van der Waals surface area contributed by atoms with E-state index in [9.17, 15) is 13.2 Å². The van der Waals surface area contributed by atoms with Crippen LogP contribution < -0.4 is 4.74 Å². The highest BCUT2D eigenvalue weighted by atomic mass is 19.4. The topological polar surface area (TPSA) is 135 Å². The zero-order valence-corrected chi connectivity index (χ0v) is 18.7. The molecule has 5 aromatic heterocycles. The number of pyridine rings is 2. The van der Waals surface area contributed by atoms with Crippen LogP contribution in [-0.4, -0.2) is 50.1 Å². The molecule has 0 bridgehead atoms. The lowest BCUT2D eigenvalue weighted by molar-refractivity contribution is -0.137. The van der Waals surface area contributed by atoms with Gasteiger partial charge in [-0.25, -0.2) is 9.67 Å². The molecule has 0 aliphatic carbocycles. The van der Waals surface area contributed by atoms with E-state index < -0.39 is 11.7 Å². The van der Waals surface area contributed by atoms with Gasteiger partial charge in [0.25, 0.3) is 5.89 Å². The van der Waals surface area contributed by atoms with Gasteiger partial charge in [-0.2, -0.15) is 23.3 Å². The van der Waals surface area contributed by atoms with E-state index >= 15 is 0 Å². The molecule has 0 aliphatic rings. The summed E-state index contributed by atoms with van der Waals surface area (Å²) >= 11 is 0. The number of hydrogen-bond acceptors (Lipinski definition) is 10. The van der Waals surface area contributed by atoms with Crippen molar-refractivity contribution in [2.45, 2.75) is 32.8 Å². The van der Waals surface area contributed by atoms with E-state index in [1.807, 2.05) is 13.0 Å². The van der Waals surface area contributed by atoms with Crippen molar-refractivity contribution >= 4 is 0 Å². The first kappa shape index (κ1) is 23.1. The highest BCUT2D eigenvalue weighted by molar-refractivity contribution is 5.60. The Balaban J connectivity index is 1.35. The van der Waals surface area contributed by atoms with Crippen molar-refractivity contribution in [1.29, 1.82) is 0 Å². The first-order chi connectivity index (χ1) is 17.4. The maximum Gasteiger partial charge on any atom is 0.417 e. The Morgan fingerprint density at radius 1 is 1.11 bits per heavy atom. The van der Waals surface area contributed by atoms with Crippen LogP contribution in [0.15, 0.2) is 53.8 Å². The van der Waals surface area contributed by atoms with Crippen molar-refractivity contribution in [3.63, 3.8) is 0 Å². The average molecular weight is 498 g/mol. The van der Waals surface area contributed by atoms with Crippen LogP contribution in [-0.2, 0) is 25.9 Å². The lowest BCUT2D eigenvalue weighted by Crippen LogP contribution is -2.09. The Morgan fingerprint density at radius 3 is 2.72 bits per heavy atom. The molecule has 5 heterocycles. The molecule has 5 rings (SSSR count). The molecule has 0 N–H and O–H groups in total. The van der Waals surface area contributed by atoms with E-state index in [2.05, 4.69) is 40.7 Å². The van der Waals surface area contributed by atoms with Gasteiger partial charge in [0.05, 0.1) is 29.6 Å². The number of rotatable bonds is 8. The number of hydrogen-bond donors (Lipinski definition) is 0. The fourth-order valence-electron chi connectivity index (χ4n) is 3.38. The largest absolute Gasteiger partial charge is 0.471 e. The van der Waals surface area contributed by atoms with Crippen LogP contribution in [0.5, 0.6) is 5.88 Å². The lowest BCUT2D eigenvalue weighted by Gasteiger charge is -2.10. The molecule has 0 unspecified atom stereocenters. The van der Waals surface area contributed by atoms with Crippen LogP contribution in [0.4, 0.5) is 13.2 Å². The van der Waals surface area contributed by atoms with Crippen molar-refractivity contribution in [2.24, 2.45) is 0 Å². The molecule has 0 atom stereocenters. The zero-order valence-electron chi connectivity index (χ0n) is 18.7. The van der Waals surface area contributed by atoms with Gasteiger partial charge >= 0.3 is 6.18 Å². The molecule has 0 saturated heterocycles. The summed E-state index contributed by atoms with van der Waals surface area (Å²) in [4.78, 5) is 12.4. The second kappa shape index (κ2) is 9.52. The molecule has 0 saturated carbocycles. The first-order valence-electron chi connectivity index (χ1n) is 10.6. The molecule has 36 heavy (non-hydrogen) atoms. The molecular weight excluding hydrogens is 481 g/mol. The van der Waals surface area contributed by atoms with Crippen LogP contribution in [0.3, 0.4) is 0 Å². The Kier molecular flexibility index (Phi) is 6.10. The van der Waals surface area contributed by atoms with Crippen LogP contribution >= 0.6 is 0 Å². The predicted octanol–water partition coefficient (Wildman–Crippen LogP) is 3.04. The Hall–Kier alpha value is -4.69. The number of aryl methyl sites for hydroxylation is 1. The Bertz CT molecular complexity index is 1450. The quantitative estimate of drug-likeness (QED) is 0.314. The molecule has 184 valence electrons. The first-order valence-corrected chi connectivity index (χ1v) is 10.6. The van der Waals surface area contributed by atoms with E-state index in [4.69, 9.17) is 9.26 Å². The van der Waals surface area contributed by atoms with Gasteiger partial charge in [-0.3, -0.25) is 9.67 Å². The number of tetrazole rings is 1.